The molecule has 0 aliphatic carbocycles. The lowest BCUT2D eigenvalue weighted by molar-refractivity contribution is -0.139. The van der Waals surface area contributed by atoms with Crippen molar-refractivity contribution in [3.63, 3.8) is 0 Å². The van der Waals surface area contributed by atoms with Crippen molar-refractivity contribution in [1.82, 2.24) is 20.5 Å². The third-order valence-corrected chi connectivity index (χ3v) is 6.19. The van der Waals surface area contributed by atoms with Crippen LogP contribution in [0.4, 0.5) is 17.6 Å². The molecular weight excluding hydrogens is 532 g/mol. The lowest BCUT2D eigenvalue weighted by atomic mass is 9.99. The first kappa shape index (κ1) is 28.6. The minimum atomic E-state index is -4.76. The maximum absolute atomic E-state index is 13.4. The third-order valence-electron chi connectivity index (χ3n) is 6.19. The molecule has 0 unspecified atom stereocenters. The van der Waals surface area contributed by atoms with Gasteiger partial charge in [-0.05, 0) is 23.3 Å². The van der Waals surface area contributed by atoms with Crippen molar-refractivity contribution in [2.45, 2.75) is 32.2 Å². The Kier molecular flexibility index (Phi) is 9.00. The zero-order valence-corrected chi connectivity index (χ0v) is 21.4. The lowest BCUT2D eigenvalue weighted by Gasteiger charge is -2.16. The van der Waals surface area contributed by atoms with Crippen LogP contribution in [0.15, 0.2) is 65.6 Å². The summed E-state index contributed by atoms with van der Waals surface area (Å²) < 4.78 is 62.8. The number of hydrogen-bond acceptors (Lipinski definition) is 5. The molecule has 210 valence electrons. The molecule has 0 saturated heterocycles. The minimum Gasteiger partial charge on any atom is -0.462 e. The zero-order chi connectivity index (χ0) is 28.7. The number of nitrogens with zero attached hydrogens (tertiary/aromatic N) is 1. The molecule has 0 fully saturated rings. The summed E-state index contributed by atoms with van der Waals surface area (Å²) in [5.41, 5.74) is 2.24. The molecule has 3 N–H and O–H groups in total. The number of aromatic amines is 2. The molecule has 4 aromatic rings. The van der Waals surface area contributed by atoms with Gasteiger partial charge in [-0.2, -0.15) is 18.3 Å². The van der Waals surface area contributed by atoms with E-state index in [0.29, 0.717) is 29.7 Å². The number of pyridine rings is 1. The van der Waals surface area contributed by atoms with Crippen LogP contribution >= 0.6 is 0 Å². The van der Waals surface area contributed by atoms with Crippen LogP contribution < -0.4 is 15.6 Å². The van der Waals surface area contributed by atoms with Gasteiger partial charge in [-0.3, -0.25) is 14.7 Å². The van der Waals surface area contributed by atoms with Gasteiger partial charge in [-0.15, -0.1) is 0 Å². The van der Waals surface area contributed by atoms with E-state index in [9.17, 15) is 27.2 Å². The first-order chi connectivity index (χ1) is 19.2. The average molecular weight is 559 g/mol. The number of carbonyl (C=O) groups is 1. The Hall–Kier alpha value is -4.45. The Balaban J connectivity index is 1.52. The SMILES string of the molecule is COCc1[nH]nc(C(=O)NCc2cccc(C(F)(F)F)c2OCF)c1Cc1ccc(Cc2ccc[nH]c2=O)cc1. The van der Waals surface area contributed by atoms with E-state index in [1.54, 1.807) is 18.3 Å². The molecule has 2 aromatic carbocycles. The number of aromatic nitrogens is 3. The van der Waals surface area contributed by atoms with E-state index in [1.807, 2.05) is 24.3 Å². The fraction of sp³-hybridized carbons (Fsp3) is 0.250. The summed E-state index contributed by atoms with van der Waals surface area (Å²) in [6.45, 7) is -1.66. The molecule has 8 nitrogen and oxygen atoms in total. The predicted molar refractivity (Wildman–Crippen MR) is 138 cm³/mol. The van der Waals surface area contributed by atoms with Gasteiger partial charge in [0.05, 0.1) is 17.9 Å². The fourth-order valence-electron chi connectivity index (χ4n) is 4.27. The first-order valence-corrected chi connectivity index (χ1v) is 12.2. The van der Waals surface area contributed by atoms with Crippen molar-refractivity contribution in [3.05, 3.63) is 116 Å². The maximum Gasteiger partial charge on any atom is 0.419 e. The molecular formula is C28H26F4N4O4. The summed E-state index contributed by atoms with van der Waals surface area (Å²) in [5.74, 6) is -1.32. The number of nitrogens with one attached hydrogen (secondary N) is 3. The van der Waals surface area contributed by atoms with Crippen LogP contribution in [0.5, 0.6) is 5.75 Å². The third kappa shape index (κ3) is 6.75. The average Bonchev–Trinajstić information content (AvgIpc) is 3.32. The number of hydrogen-bond donors (Lipinski definition) is 3. The smallest absolute Gasteiger partial charge is 0.419 e. The van der Waals surface area contributed by atoms with Crippen LogP contribution in [0.3, 0.4) is 0 Å². The van der Waals surface area contributed by atoms with Gasteiger partial charge >= 0.3 is 6.18 Å². The van der Waals surface area contributed by atoms with Crippen LogP contribution in [0.25, 0.3) is 0 Å². The number of amides is 1. The van der Waals surface area contributed by atoms with Crippen LogP contribution in [0.1, 0.15) is 49.6 Å². The molecule has 0 atom stereocenters. The van der Waals surface area contributed by atoms with Gasteiger partial charge in [0.2, 0.25) is 6.86 Å². The Morgan fingerprint density at radius 3 is 2.35 bits per heavy atom. The van der Waals surface area contributed by atoms with Gasteiger partial charge in [0.25, 0.3) is 11.5 Å². The number of rotatable bonds is 11. The number of methoxy groups -OCH3 is 1. The molecule has 0 aliphatic rings. The summed E-state index contributed by atoms with van der Waals surface area (Å²) in [4.78, 5) is 27.7. The second kappa shape index (κ2) is 12.6. The van der Waals surface area contributed by atoms with Crippen molar-refractivity contribution in [1.29, 1.82) is 0 Å². The summed E-state index contributed by atoms with van der Waals surface area (Å²) in [6, 6.07) is 14.3. The molecule has 1 amide bonds. The molecule has 0 radical (unpaired) electrons. The van der Waals surface area contributed by atoms with Gasteiger partial charge in [0.15, 0.2) is 5.69 Å². The van der Waals surface area contributed by atoms with Gasteiger partial charge in [-0.25, -0.2) is 4.39 Å². The Morgan fingerprint density at radius 2 is 1.70 bits per heavy atom. The molecule has 12 heteroatoms. The molecule has 0 saturated carbocycles. The van der Waals surface area contributed by atoms with Crippen LogP contribution in [-0.4, -0.2) is 35.1 Å². The summed E-state index contributed by atoms with van der Waals surface area (Å²) >= 11 is 0. The van der Waals surface area contributed by atoms with Crippen molar-refractivity contribution in [2.75, 3.05) is 14.0 Å². The number of alkyl halides is 4. The number of H-pyrrole nitrogens is 2. The highest BCUT2D eigenvalue weighted by atomic mass is 19.4. The summed E-state index contributed by atoms with van der Waals surface area (Å²) in [6.07, 6.45) is -2.43. The number of para-hydroxylation sites is 1. The Morgan fingerprint density at radius 1 is 1.00 bits per heavy atom. The van der Waals surface area contributed by atoms with E-state index in [-0.39, 0.29) is 30.0 Å². The lowest BCUT2D eigenvalue weighted by Crippen LogP contribution is -2.25. The maximum atomic E-state index is 13.4. The normalized spacial score (nSPS) is 11.4. The predicted octanol–water partition coefficient (Wildman–Crippen LogP) is 4.68. The highest BCUT2D eigenvalue weighted by Gasteiger charge is 2.35. The number of carbonyl (C=O) groups excluding carboxylic acids is 1. The molecule has 40 heavy (non-hydrogen) atoms. The minimum absolute atomic E-state index is 0.0390. The van der Waals surface area contributed by atoms with Gasteiger partial charge in [-0.1, -0.05) is 42.5 Å². The van der Waals surface area contributed by atoms with Crippen LogP contribution in [0.2, 0.25) is 0 Å². The number of halogens is 4. The van der Waals surface area contributed by atoms with E-state index in [1.165, 1.54) is 13.2 Å². The van der Waals surface area contributed by atoms with E-state index >= 15 is 0 Å². The highest BCUT2D eigenvalue weighted by molar-refractivity contribution is 5.94. The van der Waals surface area contributed by atoms with E-state index in [4.69, 9.17) is 4.74 Å². The Labute approximate surface area is 226 Å². The van der Waals surface area contributed by atoms with Crippen LogP contribution in [0, 0.1) is 0 Å². The molecule has 2 aromatic heterocycles. The highest BCUT2D eigenvalue weighted by Crippen LogP contribution is 2.38. The fourth-order valence-corrected chi connectivity index (χ4v) is 4.27. The van der Waals surface area contributed by atoms with Crippen LogP contribution in [-0.2, 0) is 36.9 Å². The van der Waals surface area contributed by atoms with E-state index < -0.39 is 30.3 Å². The van der Waals surface area contributed by atoms with Crippen molar-refractivity contribution >= 4 is 5.91 Å². The van der Waals surface area contributed by atoms with Gasteiger partial charge < -0.3 is 19.8 Å². The van der Waals surface area contributed by atoms with E-state index in [2.05, 4.69) is 25.2 Å². The quantitative estimate of drug-likeness (QED) is 0.232. The van der Waals surface area contributed by atoms with Crippen molar-refractivity contribution < 1.29 is 31.8 Å². The Bertz CT molecular complexity index is 1510. The second-order valence-electron chi connectivity index (χ2n) is 8.88. The van der Waals surface area contributed by atoms with Gasteiger partial charge in [0, 0.05) is 49.4 Å². The molecule has 0 bridgehead atoms. The van der Waals surface area contributed by atoms with Crippen molar-refractivity contribution in [3.8, 4) is 5.75 Å². The largest absolute Gasteiger partial charge is 0.462 e. The standard InChI is InChI=1S/C28H26F4N4O4/c1-39-15-23-21(13-18-9-7-17(8-10-18)12-19-5-3-11-33-26(19)37)24(36-35-23)27(38)34-14-20-4-2-6-22(28(30,31)32)25(20)40-16-29/h2-11H,12-16H2,1H3,(H,33,37)(H,34,38)(H,35,36). The zero-order valence-electron chi connectivity index (χ0n) is 21.4. The molecule has 4 rings (SSSR count). The second-order valence-corrected chi connectivity index (χ2v) is 8.88. The molecule has 0 aliphatic heterocycles. The topological polar surface area (TPSA) is 109 Å². The number of benzene rings is 2. The molecule has 0 spiro atoms. The van der Waals surface area contributed by atoms with Crippen molar-refractivity contribution in [2.24, 2.45) is 0 Å². The monoisotopic (exact) mass is 558 g/mol. The summed E-state index contributed by atoms with van der Waals surface area (Å²) in [5, 5.41) is 9.46. The summed E-state index contributed by atoms with van der Waals surface area (Å²) in [7, 11) is 1.49. The molecule has 2 heterocycles. The van der Waals surface area contributed by atoms with Gasteiger partial charge in [0.1, 0.15) is 5.75 Å². The number of ether oxygens (including phenoxy) is 2. The van der Waals surface area contributed by atoms with E-state index in [0.717, 1.165) is 23.3 Å². The first-order valence-electron chi connectivity index (χ1n) is 12.2.